The number of aryl methyl sites for hydroxylation is 1. The molecule has 1 unspecified atom stereocenters. The zero-order valence-corrected chi connectivity index (χ0v) is 22.4. The van der Waals surface area contributed by atoms with E-state index in [0.717, 1.165) is 40.1 Å². The van der Waals surface area contributed by atoms with E-state index in [9.17, 15) is 14.7 Å². The third-order valence-corrected chi connectivity index (χ3v) is 7.33. The van der Waals surface area contributed by atoms with Crippen LogP contribution in [-0.4, -0.2) is 52.6 Å². The minimum absolute atomic E-state index is 0.229. The molecule has 3 aromatic heterocycles. The summed E-state index contributed by atoms with van der Waals surface area (Å²) < 4.78 is 0. The third-order valence-electron chi connectivity index (χ3n) is 6.18. The molecular weight excluding hydrogens is 528 g/mol. The third kappa shape index (κ3) is 6.24. The van der Waals surface area contributed by atoms with Gasteiger partial charge in [0.25, 0.3) is 5.91 Å². The summed E-state index contributed by atoms with van der Waals surface area (Å²) in [7, 11) is 0. The van der Waals surface area contributed by atoms with E-state index in [4.69, 9.17) is 0 Å². The Labute approximate surface area is 233 Å². The average Bonchev–Trinajstić information content (AvgIpc) is 3.65. The van der Waals surface area contributed by atoms with Crippen LogP contribution >= 0.6 is 11.3 Å². The molecule has 3 N–H and O–H groups in total. The second-order valence-electron chi connectivity index (χ2n) is 9.02. The summed E-state index contributed by atoms with van der Waals surface area (Å²) in [5, 5.41) is 26.8. The average molecular weight is 555 g/mol. The highest BCUT2D eigenvalue weighted by atomic mass is 32.1. The van der Waals surface area contributed by atoms with E-state index >= 15 is 0 Å². The topological polar surface area (TPSA) is 160 Å². The summed E-state index contributed by atoms with van der Waals surface area (Å²) in [6, 6.07) is 16.0. The molecule has 0 saturated heterocycles. The molecule has 0 aliphatic rings. The second kappa shape index (κ2) is 12.3. The second-order valence-corrected chi connectivity index (χ2v) is 10.1. The van der Waals surface area contributed by atoms with Gasteiger partial charge in [0.1, 0.15) is 0 Å². The number of thiazole rings is 1. The van der Waals surface area contributed by atoms with Crippen LogP contribution < -0.4 is 5.32 Å². The predicted molar refractivity (Wildman–Crippen MR) is 148 cm³/mol. The maximum Gasteiger partial charge on any atom is 0.305 e. The van der Waals surface area contributed by atoms with Gasteiger partial charge in [0.05, 0.1) is 35.7 Å². The summed E-state index contributed by atoms with van der Waals surface area (Å²) in [5.74, 6) is -0.928. The van der Waals surface area contributed by atoms with E-state index in [1.165, 1.54) is 11.3 Å². The minimum atomic E-state index is -0.998. The number of carboxylic acid groups (broad SMARTS) is 1. The molecule has 5 aromatic rings. The predicted octanol–water partition coefficient (Wildman–Crippen LogP) is 4.27. The maximum absolute atomic E-state index is 13.2. The van der Waals surface area contributed by atoms with Gasteiger partial charge in [-0.25, -0.2) is 4.98 Å². The lowest BCUT2D eigenvalue weighted by Crippen LogP contribution is -2.30. The van der Waals surface area contributed by atoms with E-state index in [1.807, 2.05) is 42.5 Å². The van der Waals surface area contributed by atoms with E-state index in [-0.39, 0.29) is 6.42 Å². The van der Waals surface area contributed by atoms with Crippen molar-refractivity contribution in [3.05, 3.63) is 93.8 Å². The van der Waals surface area contributed by atoms with Gasteiger partial charge in [-0.3, -0.25) is 19.6 Å². The Morgan fingerprint density at radius 2 is 1.80 bits per heavy atom. The molecule has 1 amide bonds. The molecule has 0 aliphatic carbocycles. The van der Waals surface area contributed by atoms with Crippen LogP contribution in [0.2, 0.25) is 0 Å². The maximum atomic E-state index is 13.2. The first kappa shape index (κ1) is 26.8. The number of carbonyl (C=O) groups is 2. The molecule has 1 atom stereocenters. The number of hydrogen-bond acceptors (Lipinski definition) is 9. The number of aliphatic carboxylic acids is 1. The summed E-state index contributed by atoms with van der Waals surface area (Å²) >= 11 is 1.33. The van der Waals surface area contributed by atoms with Crippen LogP contribution in [0.1, 0.15) is 57.4 Å². The van der Waals surface area contributed by atoms with Crippen LogP contribution in [0.3, 0.4) is 0 Å². The van der Waals surface area contributed by atoms with Gasteiger partial charge in [-0.15, -0.1) is 21.5 Å². The highest BCUT2D eigenvalue weighted by molar-refractivity contribution is 7.13. The molecule has 0 fully saturated rings. The first-order valence-corrected chi connectivity index (χ1v) is 13.5. The van der Waals surface area contributed by atoms with Crippen LogP contribution in [0, 0.1) is 0 Å². The lowest BCUT2D eigenvalue weighted by atomic mass is 10.0. The molecule has 2 aromatic carbocycles. The highest BCUT2D eigenvalue weighted by Gasteiger charge is 2.23. The Balaban J connectivity index is 1.35. The molecule has 5 rings (SSSR count). The Morgan fingerprint density at radius 1 is 1.02 bits per heavy atom. The monoisotopic (exact) mass is 554 g/mol. The van der Waals surface area contributed by atoms with Crippen molar-refractivity contribution in [2.75, 3.05) is 0 Å². The lowest BCUT2D eigenvalue weighted by Gasteiger charge is -2.16. The normalized spacial score (nSPS) is 11.7. The van der Waals surface area contributed by atoms with Gasteiger partial charge in [-0.1, -0.05) is 67.9 Å². The fraction of sp³-hybridized carbons (Fsp3) is 0.214. The molecule has 0 spiro atoms. The molecule has 202 valence electrons. The number of H-pyrrole nitrogens is 1. The van der Waals surface area contributed by atoms with Gasteiger partial charge in [0.2, 0.25) is 5.82 Å². The van der Waals surface area contributed by atoms with Crippen molar-refractivity contribution in [1.82, 2.24) is 40.9 Å². The quantitative estimate of drug-likeness (QED) is 0.217. The number of nitrogens with zero attached hydrogens (tertiary/aromatic N) is 6. The van der Waals surface area contributed by atoms with Crippen molar-refractivity contribution in [2.45, 2.75) is 38.6 Å². The summed E-state index contributed by atoms with van der Waals surface area (Å²) in [4.78, 5) is 39.5. The number of carboxylic acids is 1. The number of aromatic amines is 1. The summed E-state index contributed by atoms with van der Waals surface area (Å²) in [5.41, 5.74) is 4.48. The molecule has 0 aliphatic heterocycles. The highest BCUT2D eigenvalue weighted by Crippen LogP contribution is 2.28. The Morgan fingerprint density at radius 3 is 2.48 bits per heavy atom. The number of carbonyl (C=O) groups excluding carboxylic acids is 1. The summed E-state index contributed by atoms with van der Waals surface area (Å²) in [6.07, 6.45) is 5.24. The van der Waals surface area contributed by atoms with Crippen LogP contribution in [-0.2, 0) is 17.6 Å². The number of nitrogens with one attached hydrogen (secondary N) is 2. The van der Waals surface area contributed by atoms with Crippen molar-refractivity contribution < 1.29 is 14.7 Å². The first-order valence-electron chi connectivity index (χ1n) is 12.7. The number of amides is 1. The minimum Gasteiger partial charge on any atom is -0.481 e. The van der Waals surface area contributed by atoms with E-state index in [2.05, 4.69) is 47.8 Å². The van der Waals surface area contributed by atoms with Crippen molar-refractivity contribution in [2.24, 2.45) is 0 Å². The van der Waals surface area contributed by atoms with Crippen molar-refractivity contribution >= 4 is 23.2 Å². The fourth-order valence-corrected chi connectivity index (χ4v) is 5.39. The fourth-order valence-electron chi connectivity index (χ4n) is 4.31. The zero-order chi connectivity index (χ0) is 27.9. The molecule has 40 heavy (non-hydrogen) atoms. The van der Waals surface area contributed by atoms with Gasteiger partial charge >= 0.3 is 5.97 Å². The Hall–Kier alpha value is -4.84. The van der Waals surface area contributed by atoms with Crippen molar-refractivity contribution in [3.8, 4) is 22.6 Å². The Bertz CT molecular complexity index is 1590. The molecule has 11 nitrogen and oxygen atoms in total. The first-order chi connectivity index (χ1) is 19.5. The van der Waals surface area contributed by atoms with Crippen molar-refractivity contribution in [1.29, 1.82) is 0 Å². The van der Waals surface area contributed by atoms with Gasteiger partial charge in [0, 0.05) is 28.6 Å². The summed E-state index contributed by atoms with van der Waals surface area (Å²) in [6.45, 7) is 2.07. The molecule has 3 heterocycles. The Kier molecular flexibility index (Phi) is 8.26. The lowest BCUT2D eigenvalue weighted by molar-refractivity contribution is -0.137. The molecular formula is C28H26N8O3S. The number of hydrogen-bond donors (Lipinski definition) is 3. The van der Waals surface area contributed by atoms with Crippen LogP contribution in [0.5, 0.6) is 0 Å². The van der Waals surface area contributed by atoms with Gasteiger partial charge in [-0.2, -0.15) is 5.21 Å². The van der Waals surface area contributed by atoms with E-state index in [1.54, 1.807) is 24.5 Å². The van der Waals surface area contributed by atoms with E-state index in [0.29, 0.717) is 28.6 Å². The van der Waals surface area contributed by atoms with Crippen LogP contribution in [0.25, 0.3) is 22.6 Å². The van der Waals surface area contributed by atoms with Gasteiger partial charge < -0.3 is 10.4 Å². The SMILES string of the molecule is CCCc1sc(C(=O)NC(CC(=O)O)c2ccccc2)nc1Cc1cnc(-c2ccccc2-c2nn[nH]n2)cn1. The largest absolute Gasteiger partial charge is 0.481 e. The molecule has 0 radical (unpaired) electrons. The smallest absolute Gasteiger partial charge is 0.305 e. The van der Waals surface area contributed by atoms with E-state index < -0.39 is 17.9 Å². The van der Waals surface area contributed by atoms with Crippen molar-refractivity contribution in [3.63, 3.8) is 0 Å². The molecule has 0 saturated carbocycles. The molecule has 0 bridgehead atoms. The molecule has 12 heteroatoms. The standard InChI is InChI=1S/C28H26N8O3S/c1-2-8-24-22(32-28(40-24)27(39)31-21(14-25(37)38)17-9-4-3-5-10-17)13-18-15-30-23(16-29-18)19-11-6-7-12-20(19)26-33-35-36-34-26/h3-7,9-12,15-16,21H,2,8,13-14H2,1H3,(H,31,39)(H,37,38)(H,33,34,35,36). The zero-order valence-electron chi connectivity index (χ0n) is 21.6. The number of benzene rings is 2. The number of tetrazole rings is 1. The van der Waals surface area contributed by atoms with Crippen LogP contribution in [0.4, 0.5) is 0 Å². The van der Waals surface area contributed by atoms with Crippen LogP contribution in [0.15, 0.2) is 67.0 Å². The van der Waals surface area contributed by atoms with Gasteiger partial charge in [0.15, 0.2) is 5.01 Å². The number of rotatable bonds is 11. The van der Waals surface area contributed by atoms with Gasteiger partial charge in [-0.05, 0) is 17.2 Å². The number of aromatic nitrogens is 7.